The number of rotatable bonds is 6. The third-order valence-corrected chi connectivity index (χ3v) is 5.57. The van der Waals surface area contributed by atoms with Gasteiger partial charge in [-0.15, -0.1) is 0 Å². The molecule has 32 heavy (non-hydrogen) atoms. The normalized spacial score (nSPS) is 14.1. The molecule has 1 N–H and O–H groups in total. The lowest BCUT2D eigenvalue weighted by atomic mass is 10.1. The van der Waals surface area contributed by atoms with Gasteiger partial charge in [-0.1, -0.05) is 42.5 Å². The van der Waals surface area contributed by atoms with Gasteiger partial charge in [-0.05, 0) is 48.4 Å². The van der Waals surface area contributed by atoms with E-state index in [9.17, 15) is 9.59 Å². The van der Waals surface area contributed by atoms with Crippen LogP contribution in [0.2, 0.25) is 0 Å². The molecule has 0 saturated carbocycles. The van der Waals surface area contributed by atoms with E-state index >= 15 is 0 Å². The summed E-state index contributed by atoms with van der Waals surface area (Å²) in [7, 11) is 1.62. The smallest absolute Gasteiger partial charge is 0.261 e. The number of methoxy groups -OCH3 is 1. The topological polar surface area (TPSA) is 67.9 Å². The second-order valence-electron chi connectivity index (χ2n) is 7.81. The van der Waals surface area contributed by atoms with E-state index in [0.29, 0.717) is 24.4 Å². The van der Waals surface area contributed by atoms with Crippen LogP contribution in [-0.4, -0.2) is 30.4 Å². The Kier molecular flexibility index (Phi) is 6.40. The highest BCUT2D eigenvalue weighted by Crippen LogP contribution is 2.26. The standard InChI is InChI=1S/C26H26N2O4/c1-18(20-8-11-23(31-2)12-9-20)27-26(30)21-10-13-24-22(14-21)16-28(25(29)17-32-24)15-19-6-4-3-5-7-19/h3-14,18H,15-17H2,1-2H3,(H,27,30)/t18-/m0/s1. The first-order valence-electron chi connectivity index (χ1n) is 10.6. The molecule has 0 unspecified atom stereocenters. The molecule has 0 aliphatic carbocycles. The van der Waals surface area contributed by atoms with Gasteiger partial charge in [0, 0.05) is 24.2 Å². The third kappa shape index (κ3) is 4.91. The van der Waals surface area contributed by atoms with Gasteiger partial charge in [0.2, 0.25) is 0 Å². The average molecular weight is 431 g/mol. The van der Waals surface area contributed by atoms with Crippen LogP contribution in [-0.2, 0) is 17.9 Å². The zero-order valence-corrected chi connectivity index (χ0v) is 18.2. The number of nitrogens with zero attached hydrogens (tertiary/aromatic N) is 1. The molecular weight excluding hydrogens is 404 g/mol. The number of carbonyl (C=O) groups is 2. The molecule has 6 heteroatoms. The molecule has 3 aromatic carbocycles. The summed E-state index contributed by atoms with van der Waals surface area (Å²) in [5.41, 5.74) is 3.38. The second-order valence-corrected chi connectivity index (χ2v) is 7.81. The van der Waals surface area contributed by atoms with Gasteiger partial charge < -0.3 is 19.7 Å². The van der Waals surface area contributed by atoms with E-state index in [1.807, 2.05) is 67.6 Å². The lowest BCUT2D eigenvalue weighted by Crippen LogP contribution is -2.31. The van der Waals surface area contributed by atoms with Gasteiger partial charge in [-0.2, -0.15) is 0 Å². The summed E-state index contributed by atoms with van der Waals surface area (Å²) < 4.78 is 10.9. The maximum Gasteiger partial charge on any atom is 0.261 e. The van der Waals surface area contributed by atoms with E-state index in [0.717, 1.165) is 22.4 Å². The summed E-state index contributed by atoms with van der Waals surface area (Å²) >= 11 is 0. The molecule has 0 spiro atoms. The SMILES string of the molecule is COc1ccc([C@H](C)NC(=O)c2ccc3c(c2)CN(Cc2ccccc2)C(=O)CO3)cc1. The van der Waals surface area contributed by atoms with Gasteiger partial charge in [-0.3, -0.25) is 9.59 Å². The van der Waals surface area contributed by atoms with E-state index in [4.69, 9.17) is 9.47 Å². The van der Waals surface area contributed by atoms with Crippen LogP contribution in [0.4, 0.5) is 0 Å². The van der Waals surface area contributed by atoms with Crippen molar-refractivity contribution >= 4 is 11.8 Å². The highest BCUT2D eigenvalue weighted by molar-refractivity contribution is 5.95. The highest BCUT2D eigenvalue weighted by Gasteiger charge is 2.23. The Morgan fingerprint density at radius 3 is 2.56 bits per heavy atom. The Morgan fingerprint density at radius 1 is 1.09 bits per heavy atom. The Bertz CT molecular complexity index is 1100. The number of carbonyl (C=O) groups excluding carboxylic acids is 2. The van der Waals surface area contributed by atoms with Crippen molar-refractivity contribution in [2.45, 2.75) is 26.1 Å². The Balaban J connectivity index is 1.49. The molecule has 6 nitrogen and oxygen atoms in total. The third-order valence-electron chi connectivity index (χ3n) is 5.57. The largest absolute Gasteiger partial charge is 0.497 e. The van der Waals surface area contributed by atoms with Crippen molar-refractivity contribution < 1.29 is 19.1 Å². The summed E-state index contributed by atoms with van der Waals surface area (Å²) in [6.07, 6.45) is 0. The van der Waals surface area contributed by atoms with Gasteiger partial charge in [-0.25, -0.2) is 0 Å². The Hall–Kier alpha value is -3.80. The molecule has 2 amide bonds. The molecule has 1 aliphatic heterocycles. The minimum Gasteiger partial charge on any atom is -0.497 e. The van der Waals surface area contributed by atoms with Crippen LogP contribution in [0, 0.1) is 0 Å². The molecule has 1 heterocycles. The predicted octanol–water partition coefficient (Wildman–Crippen LogP) is 4.11. The van der Waals surface area contributed by atoms with E-state index in [2.05, 4.69) is 5.32 Å². The number of benzene rings is 3. The lowest BCUT2D eigenvalue weighted by molar-refractivity contribution is -0.133. The van der Waals surface area contributed by atoms with Gasteiger partial charge in [0.1, 0.15) is 11.5 Å². The summed E-state index contributed by atoms with van der Waals surface area (Å²) in [6.45, 7) is 2.80. The van der Waals surface area contributed by atoms with Crippen molar-refractivity contribution in [1.29, 1.82) is 0 Å². The van der Waals surface area contributed by atoms with Crippen molar-refractivity contribution in [2.75, 3.05) is 13.7 Å². The van der Waals surface area contributed by atoms with Gasteiger partial charge in [0.15, 0.2) is 6.61 Å². The molecule has 0 fully saturated rings. The van der Waals surface area contributed by atoms with Crippen molar-refractivity contribution in [1.82, 2.24) is 10.2 Å². The number of amides is 2. The lowest BCUT2D eigenvalue weighted by Gasteiger charge is -2.20. The van der Waals surface area contributed by atoms with Crippen LogP contribution in [0.3, 0.4) is 0 Å². The summed E-state index contributed by atoms with van der Waals surface area (Å²) in [5.74, 6) is 1.15. The number of fused-ring (bicyclic) bond motifs is 1. The molecule has 0 aromatic heterocycles. The van der Waals surface area contributed by atoms with Crippen LogP contribution in [0.5, 0.6) is 11.5 Å². The van der Waals surface area contributed by atoms with Crippen molar-refractivity contribution in [3.63, 3.8) is 0 Å². The monoisotopic (exact) mass is 430 g/mol. The quantitative estimate of drug-likeness (QED) is 0.639. The van der Waals surface area contributed by atoms with Crippen molar-refractivity contribution in [2.24, 2.45) is 0 Å². The van der Waals surface area contributed by atoms with Crippen LogP contribution < -0.4 is 14.8 Å². The summed E-state index contributed by atoms with van der Waals surface area (Å²) in [4.78, 5) is 27.2. The minimum atomic E-state index is -0.179. The summed E-state index contributed by atoms with van der Waals surface area (Å²) in [6, 6.07) is 22.6. The van der Waals surface area contributed by atoms with Crippen LogP contribution in [0.15, 0.2) is 72.8 Å². The van der Waals surface area contributed by atoms with E-state index in [1.54, 1.807) is 24.1 Å². The molecule has 3 aromatic rings. The number of hydrogen-bond donors (Lipinski definition) is 1. The fourth-order valence-corrected chi connectivity index (χ4v) is 3.71. The minimum absolute atomic E-state index is 0.0140. The first-order valence-corrected chi connectivity index (χ1v) is 10.6. The van der Waals surface area contributed by atoms with Crippen LogP contribution in [0.1, 0.15) is 40.0 Å². The van der Waals surface area contributed by atoms with E-state index in [1.165, 1.54) is 0 Å². The second kappa shape index (κ2) is 9.56. The van der Waals surface area contributed by atoms with Crippen molar-refractivity contribution in [3.05, 3.63) is 95.1 Å². The first kappa shape index (κ1) is 21.4. The zero-order chi connectivity index (χ0) is 22.5. The van der Waals surface area contributed by atoms with E-state index < -0.39 is 0 Å². The number of hydrogen-bond acceptors (Lipinski definition) is 4. The van der Waals surface area contributed by atoms with Gasteiger partial charge in [0.05, 0.1) is 13.2 Å². The predicted molar refractivity (Wildman–Crippen MR) is 122 cm³/mol. The molecule has 1 aliphatic rings. The Morgan fingerprint density at radius 2 is 1.84 bits per heavy atom. The fraction of sp³-hybridized carbons (Fsp3) is 0.231. The van der Waals surface area contributed by atoms with Crippen LogP contribution >= 0.6 is 0 Å². The molecule has 164 valence electrons. The fourth-order valence-electron chi connectivity index (χ4n) is 3.71. The molecule has 4 rings (SSSR count). The van der Waals surface area contributed by atoms with Gasteiger partial charge in [0.25, 0.3) is 11.8 Å². The number of ether oxygens (including phenoxy) is 2. The highest BCUT2D eigenvalue weighted by atomic mass is 16.5. The summed E-state index contributed by atoms with van der Waals surface area (Å²) in [5, 5.41) is 3.03. The zero-order valence-electron chi connectivity index (χ0n) is 18.2. The molecule has 1 atom stereocenters. The maximum atomic E-state index is 12.9. The first-order chi connectivity index (χ1) is 15.5. The van der Waals surface area contributed by atoms with Crippen molar-refractivity contribution in [3.8, 4) is 11.5 Å². The maximum absolute atomic E-state index is 12.9. The molecule has 0 saturated heterocycles. The van der Waals surface area contributed by atoms with Gasteiger partial charge >= 0.3 is 0 Å². The van der Waals surface area contributed by atoms with Crippen LogP contribution in [0.25, 0.3) is 0 Å². The molecule has 0 bridgehead atoms. The molecular formula is C26H26N2O4. The van der Waals surface area contributed by atoms with E-state index in [-0.39, 0.29) is 24.5 Å². The number of nitrogens with one attached hydrogen (secondary N) is 1. The average Bonchev–Trinajstić information content (AvgIpc) is 2.98. The molecule has 0 radical (unpaired) electrons. The Labute approximate surface area is 187 Å².